The number of hydrogen-bond acceptors (Lipinski definition) is 3. The molecule has 0 aromatic carbocycles. The van der Waals surface area contributed by atoms with E-state index in [0.717, 1.165) is 0 Å². The third-order valence-electron chi connectivity index (χ3n) is 1.32. The predicted octanol–water partition coefficient (Wildman–Crippen LogP) is 1.45. The zero-order valence-corrected chi connectivity index (χ0v) is 7.78. The number of hydrogen-bond donors (Lipinski definition) is 1. The van der Waals surface area contributed by atoms with Crippen molar-refractivity contribution in [1.29, 1.82) is 0 Å². The van der Waals surface area contributed by atoms with Crippen molar-refractivity contribution >= 4 is 17.6 Å². The van der Waals surface area contributed by atoms with Crippen LogP contribution in [-0.4, -0.2) is 22.7 Å². The van der Waals surface area contributed by atoms with Crippen LogP contribution in [0.5, 0.6) is 5.88 Å². The maximum atomic E-state index is 10.6. The summed E-state index contributed by atoms with van der Waals surface area (Å²) in [7, 11) is 0. The van der Waals surface area contributed by atoms with Gasteiger partial charge in [0, 0.05) is 6.07 Å². The van der Waals surface area contributed by atoms with E-state index in [1.165, 1.54) is 12.1 Å². The molecular formula is C9H6ClNO3. The molecule has 1 aromatic heterocycles. The quantitative estimate of drug-likeness (QED) is 0.607. The lowest BCUT2D eigenvalue weighted by atomic mass is 10.3. The highest BCUT2D eigenvalue weighted by Gasteiger charge is 2.07. The number of ether oxygens (including phenoxy) is 1. The second kappa shape index (κ2) is 4.49. The first-order valence-electron chi connectivity index (χ1n) is 3.60. The maximum absolute atomic E-state index is 10.6. The van der Waals surface area contributed by atoms with Crippen molar-refractivity contribution in [3.05, 3.63) is 22.8 Å². The molecule has 0 aliphatic heterocycles. The number of halogens is 1. The molecule has 0 unspecified atom stereocenters. The third kappa shape index (κ3) is 2.64. The van der Waals surface area contributed by atoms with E-state index in [4.69, 9.17) is 27.9 Å². The number of carboxylic acid groups (broad SMARTS) is 1. The predicted molar refractivity (Wildman–Crippen MR) is 50.5 cm³/mol. The summed E-state index contributed by atoms with van der Waals surface area (Å²) in [6.07, 6.45) is 4.96. The molecule has 0 saturated heterocycles. The van der Waals surface area contributed by atoms with Crippen molar-refractivity contribution in [2.24, 2.45) is 0 Å². The molecule has 0 bridgehead atoms. The number of terminal acetylenes is 1. The Hall–Kier alpha value is -1.73. The van der Waals surface area contributed by atoms with Gasteiger partial charge in [0.15, 0.2) is 6.61 Å². The lowest BCUT2D eigenvalue weighted by Gasteiger charge is -2.02. The van der Waals surface area contributed by atoms with Crippen molar-refractivity contribution in [3.8, 4) is 18.2 Å². The normalized spacial score (nSPS) is 9.14. The van der Waals surface area contributed by atoms with Gasteiger partial charge in [-0.15, -0.1) is 6.42 Å². The standard InChI is InChI=1S/C9H6ClNO3/c1-2-3-14-8-5-6(9(12)13)4-7(10)11-8/h1,4-5H,3H2,(H,12,13). The minimum absolute atomic E-state index is 0.0111. The Balaban J connectivity index is 2.96. The summed E-state index contributed by atoms with van der Waals surface area (Å²) in [6.45, 7) is 0.0202. The van der Waals surface area contributed by atoms with Crippen LogP contribution in [0.1, 0.15) is 10.4 Å². The molecule has 0 aliphatic carbocycles. The highest BCUT2D eigenvalue weighted by molar-refractivity contribution is 6.29. The van der Waals surface area contributed by atoms with Gasteiger partial charge in [0.25, 0.3) is 0 Å². The summed E-state index contributed by atoms with van der Waals surface area (Å²) >= 11 is 5.57. The van der Waals surface area contributed by atoms with Crippen molar-refractivity contribution in [2.45, 2.75) is 0 Å². The van der Waals surface area contributed by atoms with Crippen molar-refractivity contribution in [3.63, 3.8) is 0 Å². The van der Waals surface area contributed by atoms with Crippen LogP contribution in [-0.2, 0) is 0 Å². The Morgan fingerprint density at radius 1 is 1.71 bits per heavy atom. The van der Waals surface area contributed by atoms with Crippen LogP contribution in [0, 0.1) is 12.3 Å². The first-order chi connectivity index (χ1) is 6.63. The molecule has 0 atom stereocenters. The fourth-order valence-corrected chi connectivity index (χ4v) is 0.987. The highest BCUT2D eigenvalue weighted by Crippen LogP contribution is 2.16. The second-order valence-corrected chi connectivity index (χ2v) is 2.70. The van der Waals surface area contributed by atoms with Crippen molar-refractivity contribution in [1.82, 2.24) is 4.98 Å². The molecule has 1 rings (SSSR count). The smallest absolute Gasteiger partial charge is 0.335 e. The SMILES string of the molecule is C#CCOc1cc(C(=O)O)cc(Cl)n1. The van der Waals surface area contributed by atoms with Crippen molar-refractivity contribution in [2.75, 3.05) is 6.61 Å². The fourth-order valence-electron chi connectivity index (χ4n) is 0.786. The van der Waals surface area contributed by atoms with E-state index in [9.17, 15) is 4.79 Å². The van der Waals surface area contributed by atoms with Crippen LogP contribution in [0.4, 0.5) is 0 Å². The van der Waals surface area contributed by atoms with Gasteiger partial charge in [0.05, 0.1) is 5.56 Å². The van der Waals surface area contributed by atoms with Crippen molar-refractivity contribution < 1.29 is 14.6 Å². The molecule has 5 heteroatoms. The minimum Gasteiger partial charge on any atom is -0.478 e. The summed E-state index contributed by atoms with van der Waals surface area (Å²) in [6, 6.07) is 2.48. The Morgan fingerprint density at radius 2 is 2.43 bits per heavy atom. The zero-order valence-electron chi connectivity index (χ0n) is 7.03. The fraction of sp³-hybridized carbons (Fsp3) is 0.111. The van der Waals surface area contributed by atoms with E-state index in [2.05, 4.69) is 10.9 Å². The van der Waals surface area contributed by atoms with E-state index >= 15 is 0 Å². The summed E-state index contributed by atoms with van der Waals surface area (Å²) < 4.78 is 4.93. The summed E-state index contributed by atoms with van der Waals surface area (Å²) in [5.74, 6) is 1.24. The Kier molecular flexibility index (Phi) is 3.32. The van der Waals surface area contributed by atoms with Gasteiger partial charge in [-0.1, -0.05) is 17.5 Å². The monoisotopic (exact) mass is 211 g/mol. The lowest BCUT2D eigenvalue weighted by molar-refractivity contribution is 0.0696. The molecule has 4 nitrogen and oxygen atoms in total. The Bertz CT molecular complexity index is 398. The molecule has 0 spiro atoms. The average molecular weight is 212 g/mol. The van der Waals surface area contributed by atoms with Gasteiger partial charge in [-0.25, -0.2) is 9.78 Å². The minimum atomic E-state index is -1.10. The molecular weight excluding hydrogens is 206 g/mol. The first-order valence-corrected chi connectivity index (χ1v) is 3.98. The molecule has 0 aliphatic rings. The van der Waals surface area contributed by atoms with E-state index in [0.29, 0.717) is 0 Å². The molecule has 1 heterocycles. The van der Waals surface area contributed by atoms with Crippen LogP contribution in [0.2, 0.25) is 5.15 Å². The molecule has 1 aromatic rings. The Labute approximate surface area is 85.5 Å². The number of aromatic carboxylic acids is 1. The largest absolute Gasteiger partial charge is 0.478 e. The van der Waals surface area contributed by atoms with Crippen LogP contribution < -0.4 is 4.74 Å². The highest BCUT2D eigenvalue weighted by atomic mass is 35.5. The van der Waals surface area contributed by atoms with Gasteiger partial charge in [0.1, 0.15) is 5.15 Å². The number of aromatic nitrogens is 1. The number of pyridine rings is 1. The van der Waals surface area contributed by atoms with Gasteiger partial charge in [-0.2, -0.15) is 0 Å². The van der Waals surface area contributed by atoms with Crippen LogP contribution >= 0.6 is 11.6 Å². The molecule has 1 N–H and O–H groups in total. The lowest BCUT2D eigenvalue weighted by Crippen LogP contribution is -2.01. The first kappa shape index (κ1) is 10.4. The van der Waals surface area contributed by atoms with Gasteiger partial charge in [-0.05, 0) is 6.07 Å². The summed E-state index contributed by atoms with van der Waals surface area (Å²) in [5, 5.41) is 8.73. The number of nitrogens with zero attached hydrogens (tertiary/aromatic N) is 1. The molecule has 72 valence electrons. The molecule has 14 heavy (non-hydrogen) atoms. The van der Waals surface area contributed by atoms with Crippen LogP contribution in [0.15, 0.2) is 12.1 Å². The van der Waals surface area contributed by atoms with E-state index < -0.39 is 5.97 Å². The average Bonchev–Trinajstić information content (AvgIpc) is 2.14. The van der Waals surface area contributed by atoms with Gasteiger partial charge in [0.2, 0.25) is 5.88 Å². The topological polar surface area (TPSA) is 59.4 Å². The van der Waals surface area contributed by atoms with E-state index in [-0.39, 0.29) is 23.2 Å². The van der Waals surface area contributed by atoms with Gasteiger partial charge in [-0.3, -0.25) is 0 Å². The zero-order chi connectivity index (χ0) is 10.6. The number of carbonyl (C=O) groups is 1. The van der Waals surface area contributed by atoms with E-state index in [1.54, 1.807) is 0 Å². The second-order valence-electron chi connectivity index (χ2n) is 2.31. The molecule has 0 radical (unpaired) electrons. The van der Waals surface area contributed by atoms with Gasteiger partial charge >= 0.3 is 5.97 Å². The van der Waals surface area contributed by atoms with E-state index in [1.807, 2.05) is 0 Å². The van der Waals surface area contributed by atoms with Crippen LogP contribution in [0.3, 0.4) is 0 Å². The maximum Gasteiger partial charge on any atom is 0.335 e. The molecule has 0 fully saturated rings. The van der Waals surface area contributed by atoms with Gasteiger partial charge < -0.3 is 9.84 Å². The molecule has 0 saturated carbocycles. The summed E-state index contributed by atoms with van der Waals surface area (Å²) in [4.78, 5) is 14.3. The van der Waals surface area contributed by atoms with Crippen LogP contribution in [0.25, 0.3) is 0 Å². The number of carboxylic acids is 1. The Morgan fingerprint density at radius 3 is 3.00 bits per heavy atom. The number of rotatable bonds is 3. The third-order valence-corrected chi connectivity index (χ3v) is 1.51. The summed E-state index contributed by atoms with van der Waals surface area (Å²) in [5.41, 5.74) is 0.0111. The molecule has 0 amide bonds.